The number of para-hydroxylation sites is 1. The Balaban J connectivity index is 1.54. The van der Waals surface area contributed by atoms with E-state index in [1.54, 1.807) is 22.9 Å². The van der Waals surface area contributed by atoms with E-state index >= 15 is 0 Å². The normalized spacial score (nSPS) is 15.8. The number of ether oxygens (including phenoxy) is 1. The SMILES string of the molecule is CC(=O)N1CCN(C(=O)[C@H](C)OC(=O)Cc2c[nH]c3ccccc23)CC1. The smallest absolute Gasteiger partial charge is 0.311 e. The molecule has 2 heterocycles. The molecule has 0 aliphatic carbocycles. The van der Waals surface area contributed by atoms with Crippen molar-refractivity contribution in [3.63, 3.8) is 0 Å². The second kappa shape index (κ2) is 7.59. The number of nitrogens with zero attached hydrogens (tertiary/aromatic N) is 2. The number of hydrogen-bond donors (Lipinski definition) is 1. The van der Waals surface area contributed by atoms with Crippen LogP contribution < -0.4 is 0 Å². The van der Waals surface area contributed by atoms with Crippen molar-refractivity contribution in [3.8, 4) is 0 Å². The summed E-state index contributed by atoms with van der Waals surface area (Å²) in [5, 5.41) is 0.976. The molecule has 1 aromatic carbocycles. The van der Waals surface area contributed by atoms with Gasteiger partial charge < -0.3 is 19.5 Å². The number of rotatable bonds is 4. The predicted octanol–water partition coefficient (Wildman–Crippen LogP) is 1.33. The molecule has 0 spiro atoms. The molecule has 138 valence electrons. The highest BCUT2D eigenvalue weighted by atomic mass is 16.5. The molecular weight excluding hydrogens is 334 g/mol. The first-order chi connectivity index (χ1) is 12.5. The summed E-state index contributed by atoms with van der Waals surface area (Å²) in [6.07, 6.45) is 1.07. The predicted molar refractivity (Wildman–Crippen MR) is 96.4 cm³/mol. The van der Waals surface area contributed by atoms with E-state index in [0.717, 1.165) is 16.5 Å². The summed E-state index contributed by atoms with van der Waals surface area (Å²) in [5.74, 6) is -0.645. The number of aromatic amines is 1. The zero-order valence-electron chi connectivity index (χ0n) is 15.0. The van der Waals surface area contributed by atoms with Crippen LogP contribution in [-0.4, -0.2) is 64.9 Å². The molecule has 1 saturated heterocycles. The zero-order valence-corrected chi connectivity index (χ0v) is 15.0. The van der Waals surface area contributed by atoms with Crippen molar-refractivity contribution in [2.45, 2.75) is 26.4 Å². The molecule has 0 saturated carbocycles. The summed E-state index contributed by atoms with van der Waals surface area (Å²) >= 11 is 0. The molecule has 1 N–H and O–H groups in total. The first-order valence-electron chi connectivity index (χ1n) is 8.74. The van der Waals surface area contributed by atoms with Gasteiger partial charge in [-0.15, -0.1) is 0 Å². The van der Waals surface area contributed by atoms with E-state index in [9.17, 15) is 14.4 Å². The quantitative estimate of drug-likeness (QED) is 0.837. The minimum atomic E-state index is -0.836. The first-order valence-corrected chi connectivity index (χ1v) is 8.74. The van der Waals surface area contributed by atoms with Gasteiger partial charge >= 0.3 is 5.97 Å². The zero-order chi connectivity index (χ0) is 18.7. The summed E-state index contributed by atoms with van der Waals surface area (Å²) in [5.41, 5.74) is 1.81. The van der Waals surface area contributed by atoms with Crippen molar-refractivity contribution >= 4 is 28.7 Å². The highest BCUT2D eigenvalue weighted by Crippen LogP contribution is 2.18. The lowest BCUT2D eigenvalue weighted by Gasteiger charge is -2.35. The van der Waals surface area contributed by atoms with Crippen LogP contribution in [0.5, 0.6) is 0 Å². The number of piperazine rings is 1. The number of aromatic nitrogens is 1. The monoisotopic (exact) mass is 357 g/mol. The van der Waals surface area contributed by atoms with Gasteiger partial charge in [0.2, 0.25) is 5.91 Å². The molecule has 1 aliphatic rings. The van der Waals surface area contributed by atoms with Crippen LogP contribution in [-0.2, 0) is 25.5 Å². The molecule has 1 fully saturated rings. The lowest BCUT2D eigenvalue weighted by atomic mass is 10.1. The van der Waals surface area contributed by atoms with E-state index in [0.29, 0.717) is 26.2 Å². The van der Waals surface area contributed by atoms with E-state index in [-0.39, 0.29) is 18.2 Å². The first kappa shape index (κ1) is 18.0. The number of carbonyl (C=O) groups is 3. The van der Waals surface area contributed by atoms with Gasteiger partial charge in [-0.2, -0.15) is 0 Å². The van der Waals surface area contributed by atoms with Gasteiger partial charge in [0.1, 0.15) is 0 Å². The number of fused-ring (bicyclic) bond motifs is 1. The Hall–Kier alpha value is -2.83. The molecule has 0 bridgehead atoms. The van der Waals surface area contributed by atoms with Crippen molar-refractivity contribution in [1.82, 2.24) is 14.8 Å². The second-order valence-electron chi connectivity index (χ2n) is 6.50. The Bertz CT molecular complexity index is 821. The summed E-state index contributed by atoms with van der Waals surface area (Å²) in [6, 6.07) is 7.72. The van der Waals surface area contributed by atoms with Crippen molar-refractivity contribution < 1.29 is 19.1 Å². The van der Waals surface area contributed by atoms with Crippen LogP contribution >= 0.6 is 0 Å². The van der Waals surface area contributed by atoms with Crippen LogP contribution in [0.15, 0.2) is 30.5 Å². The summed E-state index contributed by atoms with van der Waals surface area (Å²) in [6.45, 7) is 5.05. The maximum Gasteiger partial charge on any atom is 0.311 e. The standard InChI is InChI=1S/C19H23N3O4/c1-13(19(25)22-9-7-21(8-10-22)14(2)23)26-18(24)11-15-12-20-17-6-4-3-5-16(15)17/h3-6,12-13,20H,7-11H2,1-2H3/t13-/m0/s1. The summed E-state index contributed by atoms with van der Waals surface area (Å²) < 4.78 is 5.34. The van der Waals surface area contributed by atoms with E-state index in [1.807, 2.05) is 24.3 Å². The number of esters is 1. The van der Waals surface area contributed by atoms with Gasteiger partial charge in [0.25, 0.3) is 5.91 Å². The Morgan fingerprint density at radius 1 is 1.12 bits per heavy atom. The lowest BCUT2D eigenvalue weighted by molar-refractivity contribution is -0.159. The van der Waals surface area contributed by atoms with E-state index in [1.165, 1.54) is 6.92 Å². The van der Waals surface area contributed by atoms with Gasteiger partial charge in [0, 0.05) is 50.2 Å². The van der Waals surface area contributed by atoms with Gasteiger partial charge in [-0.3, -0.25) is 14.4 Å². The molecule has 3 rings (SSSR count). The number of H-pyrrole nitrogens is 1. The van der Waals surface area contributed by atoms with Gasteiger partial charge in [0.05, 0.1) is 6.42 Å². The van der Waals surface area contributed by atoms with Crippen LogP contribution in [0, 0.1) is 0 Å². The third-order valence-electron chi connectivity index (χ3n) is 4.70. The number of carbonyl (C=O) groups excluding carboxylic acids is 3. The minimum Gasteiger partial charge on any atom is -0.452 e. The van der Waals surface area contributed by atoms with Crippen molar-refractivity contribution in [1.29, 1.82) is 0 Å². The van der Waals surface area contributed by atoms with Gasteiger partial charge in [-0.05, 0) is 18.6 Å². The Kier molecular flexibility index (Phi) is 5.25. The Morgan fingerprint density at radius 3 is 2.46 bits per heavy atom. The fourth-order valence-electron chi connectivity index (χ4n) is 3.22. The average molecular weight is 357 g/mol. The van der Waals surface area contributed by atoms with E-state index in [4.69, 9.17) is 4.74 Å². The molecule has 7 nitrogen and oxygen atoms in total. The molecule has 1 aromatic heterocycles. The third-order valence-corrected chi connectivity index (χ3v) is 4.70. The fraction of sp³-hybridized carbons (Fsp3) is 0.421. The molecule has 7 heteroatoms. The maximum absolute atomic E-state index is 12.5. The Morgan fingerprint density at radius 2 is 1.77 bits per heavy atom. The van der Waals surface area contributed by atoms with Crippen LogP contribution in [0.3, 0.4) is 0 Å². The van der Waals surface area contributed by atoms with Crippen LogP contribution in [0.25, 0.3) is 10.9 Å². The molecular formula is C19H23N3O4. The largest absolute Gasteiger partial charge is 0.452 e. The van der Waals surface area contributed by atoms with Gasteiger partial charge in [-0.25, -0.2) is 0 Å². The van der Waals surface area contributed by atoms with Gasteiger partial charge in [-0.1, -0.05) is 18.2 Å². The molecule has 2 aromatic rings. The van der Waals surface area contributed by atoms with Crippen LogP contribution in [0.1, 0.15) is 19.4 Å². The average Bonchev–Trinajstić information content (AvgIpc) is 3.04. The van der Waals surface area contributed by atoms with Crippen molar-refractivity contribution in [2.75, 3.05) is 26.2 Å². The molecule has 1 atom stereocenters. The number of benzene rings is 1. The number of hydrogen-bond acceptors (Lipinski definition) is 4. The third kappa shape index (κ3) is 3.87. The summed E-state index contributed by atoms with van der Waals surface area (Å²) in [4.78, 5) is 42.5. The molecule has 0 unspecified atom stereocenters. The second-order valence-corrected chi connectivity index (χ2v) is 6.50. The summed E-state index contributed by atoms with van der Waals surface area (Å²) in [7, 11) is 0. The lowest BCUT2D eigenvalue weighted by Crippen LogP contribution is -2.52. The number of amides is 2. The van der Waals surface area contributed by atoms with Gasteiger partial charge in [0.15, 0.2) is 6.10 Å². The minimum absolute atomic E-state index is 0.00954. The highest BCUT2D eigenvalue weighted by molar-refractivity contribution is 5.88. The van der Waals surface area contributed by atoms with Crippen molar-refractivity contribution in [2.24, 2.45) is 0 Å². The van der Waals surface area contributed by atoms with Crippen LogP contribution in [0.4, 0.5) is 0 Å². The molecule has 1 aliphatic heterocycles. The van der Waals surface area contributed by atoms with Crippen LogP contribution in [0.2, 0.25) is 0 Å². The Labute approximate surface area is 151 Å². The maximum atomic E-state index is 12.5. The molecule has 26 heavy (non-hydrogen) atoms. The fourth-order valence-corrected chi connectivity index (χ4v) is 3.22. The van der Waals surface area contributed by atoms with E-state index in [2.05, 4.69) is 4.98 Å². The molecule has 2 amide bonds. The highest BCUT2D eigenvalue weighted by Gasteiger charge is 2.28. The topological polar surface area (TPSA) is 82.7 Å². The van der Waals surface area contributed by atoms with Crippen molar-refractivity contribution in [3.05, 3.63) is 36.0 Å². The number of nitrogens with one attached hydrogen (secondary N) is 1. The molecule has 0 radical (unpaired) electrons. The van der Waals surface area contributed by atoms with E-state index < -0.39 is 12.1 Å².